The third-order valence-electron chi connectivity index (χ3n) is 2.33. The molecule has 4 nitrogen and oxygen atoms in total. The zero-order valence-electron chi connectivity index (χ0n) is 9.17. The molecule has 0 aromatic carbocycles. The van der Waals surface area contributed by atoms with Crippen molar-refractivity contribution in [2.75, 3.05) is 11.9 Å². The Morgan fingerprint density at radius 1 is 1.29 bits per heavy atom. The van der Waals surface area contributed by atoms with Crippen molar-refractivity contribution in [2.24, 2.45) is 0 Å². The van der Waals surface area contributed by atoms with E-state index in [1.165, 1.54) is 4.90 Å². The molecule has 0 fully saturated rings. The number of anilines is 1. The number of pyridine rings is 2. The van der Waals surface area contributed by atoms with Crippen molar-refractivity contribution < 1.29 is 4.79 Å². The van der Waals surface area contributed by atoms with Crippen LogP contribution in [-0.2, 0) is 0 Å². The minimum absolute atomic E-state index is 0.202. The minimum Gasteiger partial charge on any atom is -0.310 e. The number of amides is 1. The maximum absolute atomic E-state index is 12.1. The summed E-state index contributed by atoms with van der Waals surface area (Å²) in [7, 11) is 1.67. The Morgan fingerprint density at radius 3 is 2.71 bits per heavy atom. The number of aromatic nitrogens is 2. The molecule has 2 aromatic rings. The molecule has 0 aliphatic rings. The van der Waals surface area contributed by atoms with Crippen LogP contribution in [0, 0.1) is 0 Å². The number of rotatable bonds is 2. The van der Waals surface area contributed by atoms with E-state index in [2.05, 4.69) is 9.97 Å². The molecule has 1 amide bonds. The topological polar surface area (TPSA) is 46.1 Å². The van der Waals surface area contributed by atoms with Gasteiger partial charge in [-0.1, -0.05) is 11.6 Å². The third kappa shape index (κ3) is 2.42. The predicted octanol–water partition coefficient (Wildman–Crippen LogP) is 2.41. The van der Waals surface area contributed by atoms with E-state index in [4.69, 9.17) is 11.6 Å². The van der Waals surface area contributed by atoms with Gasteiger partial charge < -0.3 is 4.90 Å². The van der Waals surface area contributed by atoms with E-state index >= 15 is 0 Å². The summed E-state index contributed by atoms with van der Waals surface area (Å²) in [5.74, 6) is -0.212. The Labute approximate surface area is 104 Å². The molecule has 5 heteroatoms. The lowest BCUT2D eigenvalue weighted by atomic mass is 10.2. The number of carbonyl (C=O) groups excluding carboxylic acids is 1. The van der Waals surface area contributed by atoms with Gasteiger partial charge in [-0.3, -0.25) is 9.78 Å². The Bertz CT molecular complexity index is 530. The van der Waals surface area contributed by atoms with E-state index in [9.17, 15) is 4.79 Å². The molecule has 0 bridgehead atoms. The molecule has 0 radical (unpaired) electrons. The van der Waals surface area contributed by atoms with Gasteiger partial charge in [0.25, 0.3) is 5.91 Å². The number of hydrogen-bond donors (Lipinski definition) is 0. The smallest absolute Gasteiger partial charge is 0.261 e. The number of nitrogens with zero attached hydrogens (tertiary/aromatic N) is 3. The zero-order valence-corrected chi connectivity index (χ0v) is 9.93. The highest BCUT2D eigenvalue weighted by Crippen LogP contribution is 2.17. The largest absolute Gasteiger partial charge is 0.310 e. The molecule has 17 heavy (non-hydrogen) atoms. The standard InChI is InChI=1S/C12H10ClN3O/c1-16(9-4-2-6-14-8-9)12(17)10-5-3-7-15-11(10)13/h2-8H,1H3. The molecule has 0 saturated heterocycles. The summed E-state index contributed by atoms with van der Waals surface area (Å²) < 4.78 is 0. The second-order valence-corrected chi connectivity index (χ2v) is 3.78. The van der Waals surface area contributed by atoms with Crippen LogP contribution in [0.15, 0.2) is 42.9 Å². The van der Waals surface area contributed by atoms with Gasteiger partial charge in [-0.15, -0.1) is 0 Å². The lowest BCUT2D eigenvalue weighted by Gasteiger charge is -2.16. The SMILES string of the molecule is CN(C(=O)c1cccnc1Cl)c1cccnc1. The quantitative estimate of drug-likeness (QED) is 0.766. The van der Waals surface area contributed by atoms with Crippen molar-refractivity contribution >= 4 is 23.2 Å². The second-order valence-electron chi connectivity index (χ2n) is 3.42. The van der Waals surface area contributed by atoms with E-state index in [-0.39, 0.29) is 11.1 Å². The molecule has 86 valence electrons. The van der Waals surface area contributed by atoms with Gasteiger partial charge in [0.1, 0.15) is 5.15 Å². The van der Waals surface area contributed by atoms with Gasteiger partial charge >= 0.3 is 0 Å². The van der Waals surface area contributed by atoms with Gasteiger partial charge in [0, 0.05) is 19.4 Å². The van der Waals surface area contributed by atoms with E-state index in [0.29, 0.717) is 11.3 Å². The summed E-state index contributed by atoms with van der Waals surface area (Å²) >= 11 is 5.88. The molecular formula is C12H10ClN3O. The van der Waals surface area contributed by atoms with Crippen LogP contribution in [0.2, 0.25) is 5.15 Å². The van der Waals surface area contributed by atoms with Crippen LogP contribution in [0.3, 0.4) is 0 Å². The maximum atomic E-state index is 12.1. The minimum atomic E-state index is -0.212. The number of carbonyl (C=O) groups is 1. The second kappa shape index (κ2) is 4.93. The first-order valence-corrected chi connectivity index (χ1v) is 5.36. The molecule has 0 spiro atoms. The first kappa shape index (κ1) is 11.5. The van der Waals surface area contributed by atoms with Crippen LogP contribution in [-0.4, -0.2) is 22.9 Å². The third-order valence-corrected chi connectivity index (χ3v) is 2.63. The molecule has 0 N–H and O–H groups in total. The van der Waals surface area contributed by atoms with Gasteiger partial charge in [0.05, 0.1) is 17.4 Å². The Kier molecular flexibility index (Phi) is 3.35. The Balaban J connectivity index is 2.30. The summed E-state index contributed by atoms with van der Waals surface area (Å²) in [4.78, 5) is 21.5. The van der Waals surface area contributed by atoms with Crippen molar-refractivity contribution in [3.8, 4) is 0 Å². The van der Waals surface area contributed by atoms with Crippen molar-refractivity contribution in [3.05, 3.63) is 53.6 Å². The first-order valence-electron chi connectivity index (χ1n) is 4.99. The summed E-state index contributed by atoms with van der Waals surface area (Å²) in [5, 5.41) is 0.202. The number of halogens is 1. The van der Waals surface area contributed by atoms with Gasteiger partial charge in [-0.25, -0.2) is 4.98 Å². The van der Waals surface area contributed by atoms with E-state index in [0.717, 1.165) is 0 Å². The summed E-state index contributed by atoms with van der Waals surface area (Å²) in [6.45, 7) is 0. The molecule has 2 aromatic heterocycles. The van der Waals surface area contributed by atoms with Crippen LogP contribution in [0.5, 0.6) is 0 Å². The lowest BCUT2D eigenvalue weighted by molar-refractivity contribution is 0.0993. The number of hydrogen-bond acceptors (Lipinski definition) is 3. The fourth-order valence-corrected chi connectivity index (χ4v) is 1.60. The predicted molar refractivity (Wildman–Crippen MR) is 66.2 cm³/mol. The molecule has 0 aliphatic carbocycles. The highest BCUT2D eigenvalue weighted by molar-refractivity contribution is 6.33. The van der Waals surface area contributed by atoms with Gasteiger partial charge in [0.2, 0.25) is 0 Å². The van der Waals surface area contributed by atoms with Crippen LogP contribution in [0.4, 0.5) is 5.69 Å². The molecule has 2 heterocycles. The van der Waals surface area contributed by atoms with Crippen molar-refractivity contribution in [2.45, 2.75) is 0 Å². The van der Waals surface area contributed by atoms with Gasteiger partial charge in [-0.2, -0.15) is 0 Å². The summed E-state index contributed by atoms with van der Waals surface area (Å²) in [6, 6.07) is 6.89. The van der Waals surface area contributed by atoms with Crippen LogP contribution >= 0.6 is 11.6 Å². The summed E-state index contributed by atoms with van der Waals surface area (Å²) in [5.41, 5.74) is 1.08. The van der Waals surface area contributed by atoms with E-state index < -0.39 is 0 Å². The van der Waals surface area contributed by atoms with Crippen LogP contribution < -0.4 is 4.90 Å². The highest BCUT2D eigenvalue weighted by Gasteiger charge is 2.16. The van der Waals surface area contributed by atoms with Crippen LogP contribution in [0.1, 0.15) is 10.4 Å². The molecule has 0 unspecified atom stereocenters. The molecule has 0 saturated carbocycles. The lowest BCUT2D eigenvalue weighted by Crippen LogP contribution is -2.26. The molecule has 0 atom stereocenters. The monoisotopic (exact) mass is 247 g/mol. The normalized spacial score (nSPS) is 10.0. The van der Waals surface area contributed by atoms with Crippen LogP contribution in [0.25, 0.3) is 0 Å². The molecule has 0 aliphatic heterocycles. The summed E-state index contributed by atoms with van der Waals surface area (Å²) in [6.07, 6.45) is 4.81. The average Bonchev–Trinajstić information content (AvgIpc) is 2.39. The van der Waals surface area contributed by atoms with Crippen molar-refractivity contribution in [3.63, 3.8) is 0 Å². The van der Waals surface area contributed by atoms with Gasteiger partial charge in [0.15, 0.2) is 0 Å². The van der Waals surface area contributed by atoms with Crippen molar-refractivity contribution in [1.82, 2.24) is 9.97 Å². The maximum Gasteiger partial charge on any atom is 0.261 e. The first-order chi connectivity index (χ1) is 8.20. The van der Waals surface area contributed by atoms with E-state index in [1.807, 2.05) is 0 Å². The Hall–Kier alpha value is -1.94. The average molecular weight is 248 g/mol. The zero-order chi connectivity index (χ0) is 12.3. The fraction of sp³-hybridized carbons (Fsp3) is 0.0833. The van der Waals surface area contributed by atoms with Crippen molar-refractivity contribution in [1.29, 1.82) is 0 Å². The Morgan fingerprint density at radius 2 is 2.06 bits per heavy atom. The highest BCUT2D eigenvalue weighted by atomic mass is 35.5. The molecule has 2 rings (SSSR count). The van der Waals surface area contributed by atoms with E-state index in [1.54, 1.807) is 49.9 Å². The fourth-order valence-electron chi connectivity index (χ4n) is 1.40. The van der Waals surface area contributed by atoms with Gasteiger partial charge in [-0.05, 0) is 24.3 Å². The molecular weight excluding hydrogens is 238 g/mol.